The number of halogens is 1. The predicted octanol–water partition coefficient (Wildman–Crippen LogP) is 1.18. The molecule has 1 heterocycles. The molecule has 1 aliphatic heterocycles. The molecule has 1 aliphatic carbocycles. The first-order valence-electron chi connectivity index (χ1n) is 7.39. The van der Waals surface area contributed by atoms with E-state index in [2.05, 4.69) is 10.0 Å². The molecule has 1 aromatic carbocycles. The van der Waals surface area contributed by atoms with Crippen LogP contribution in [0.25, 0.3) is 0 Å². The van der Waals surface area contributed by atoms with Gasteiger partial charge in [0.2, 0.25) is 15.9 Å². The maximum Gasteiger partial charge on any atom is 0.241 e. The maximum absolute atomic E-state index is 13.7. The molecule has 1 unspecified atom stereocenters. The second-order valence-electron chi connectivity index (χ2n) is 6.02. The Morgan fingerprint density at radius 1 is 1.39 bits per heavy atom. The number of carbonyl (C=O) groups is 1. The first-order chi connectivity index (χ1) is 10.9. The molecule has 2 N–H and O–H groups in total. The summed E-state index contributed by atoms with van der Waals surface area (Å²) >= 11 is 0. The average molecular weight is 337 g/mol. The van der Waals surface area contributed by atoms with Crippen molar-refractivity contribution in [2.45, 2.75) is 48.6 Å². The summed E-state index contributed by atoms with van der Waals surface area (Å²) in [6.45, 7) is 0. The summed E-state index contributed by atoms with van der Waals surface area (Å²) in [6, 6.07) is 4.44. The fraction of sp³-hybridized carbons (Fsp3) is 0.467. The molecular formula is C15H16FN3O3S. The SMILES string of the molecule is N#Cc1ccc(S(=O)(=O)NC2CCC(=O)NC23CCC3)cc1F. The Morgan fingerprint density at radius 2 is 2.13 bits per heavy atom. The molecule has 1 saturated heterocycles. The Balaban J connectivity index is 1.85. The minimum Gasteiger partial charge on any atom is -0.349 e. The van der Waals surface area contributed by atoms with Crippen LogP contribution in [0.5, 0.6) is 0 Å². The summed E-state index contributed by atoms with van der Waals surface area (Å²) < 4.78 is 41.2. The molecule has 1 amide bonds. The Labute approximate surface area is 133 Å². The molecule has 1 atom stereocenters. The topological polar surface area (TPSA) is 99.1 Å². The molecular weight excluding hydrogens is 321 g/mol. The van der Waals surface area contributed by atoms with Crippen molar-refractivity contribution in [1.29, 1.82) is 5.26 Å². The van der Waals surface area contributed by atoms with Gasteiger partial charge < -0.3 is 5.32 Å². The smallest absolute Gasteiger partial charge is 0.241 e. The lowest BCUT2D eigenvalue weighted by Gasteiger charge is -2.50. The Kier molecular flexibility index (Phi) is 3.86. The minimum atomic E-state index is -3.92. The lowest BCUT2D eigenvalue weighted by atomic mass is 9.68. The lowest BCUT2D eigenvalue weighted by molar-refractivity contribution is -0.127. The highest BCUT2D eigenvalue weighted by atomic mass is 32.2. The van der Waals surface area contributed by atoms with Gasteiger partial charge in [-0.15, -0.1) is 0 Å². The first kappa shape index (κ1) is 15.9. The van der Waals surface area contributed by atoms with Gasteiger partial charge in [-0.25, -0.2) is 17.5 Å². The number of nitrogens with zero attached hydrogens (tertiary/aromatic N) is 1. The molecule has 0 aromatic heterocycles. The van der Waals surface area contributed by atoms with Gasteiger partial charge in [-0.1, -0.05) is 0 Å². The second kappa shape index (κ2) is 5.58. The predicted molar refractivity (Wildman–Crippen MR) is 79.2 cm³/mol. The largest absolute Gasteiger partial charge is 0.349 e. The van der Waals surface area contributed by atoms with Gasteiger partial charge in [-0.05, 0) is 43.9 Å². The number of piperidine rings is 1. The van der Waals surface area contributed by atoms with Gasteiger partial charge >= 0.3 is 0 Å². The zero-order valence-corrected chi connectivity index (χ0v) is 13.1. The van der Waals surface area contributed by atoms with Gasteiger partial charge in [0.1, 0.15) is 11.9 Å². The van der Waals surface area contributed by atoms with Gasteiger partial charge in [0.15, 0.2) is 0 Å². The molecule has 1 saturated carbocycles. The third-order valence-corrected chi connectivity index (χ3v) is 6.10. The summed E-state index contributed by atoms with van der Waals surface area (Å²) in [6.07, 6.45) is 3.08. The molecule has 2 fully saturated rings. The van der Waals surface area contributed by atoms with E-state index in [-0.39, 0.29) is 22.8 Å². The molecule has 8 heteroatoms. The number of carbonyl (C=O) groups excluding carboxylic acids is 1. The van der Waals surface area contributed by atoms with Crippen molar-refractivity contribution in [2.24, 2.45) is 0 Å². The molecule has 6 nitrogen and oxygen atoms in total. The molecule has 23 heavy (non-hydrogen) atoms. The zero-order valence-electron chi connectivity index (χ0n) is 12.3. The molecule has 0 radical (unpaired) electrons. The van der Waals surface area contributed by atoms with Crippen molar-refractivity contribution in [3.8, 4) is 6.07 Å². The molecule has 2 aliphatic rings. The summed E-state index contributed by atoms with van der Waals surface area (Å²) in [5, 5.41) is 11.6. The third kappa shape index (κ3) is 2.82. The Bertz CT molecular complexity index is 797. The summed E-state index contributed by atoms with van der Waals surface area (Å²) in [4.78, 5) is 11.4. The first-order valence-corrected chi connectivity index (χ1v) is 8.88. The van der Waals surface area contributed by atoms with E-state index in [1.807, 2.05) is 0 Å². The van der Waals surface area contributed by atoms with Crippen LogP contribution in [-0.4, -0.2) is 25.9 Å². The van der Waals surface area contributed by atoms with Crippen molar-refractivity contribution < 1.29 is 17.6 Å². The standard InChI is InChI=1S/C15H16FN3O3S/c16-12-8-11(3-2-10(12)9-17)23(21,22)19-13-4-5-14(20)18-15(13)6-1-7-15/h2-3,8,13,19H,1,4-7H2,(H,18,20). The van der Waals surface area contributed by atoms with E-state index in [0.717, 1.165) is 31.4 Å². The molecule has 0 bridgehead atoms. The van der Waals surface area contributed by atoms with Gasteiger partial charge in [0.25, 0.3) is 0 Å². The lowest BCUT2D eigenvalue weighted by Crippen LogP contribution is -2.68. The van der Waals surface area contributed by atoms with Crippen molar-refractivity contribution in [3.63, 3.8) is 0 Å². The van der Waals surface area contributed by atoms with Crippen LogP contribution < -0.4 is 10.0 Å². The minimum absolute atomic E-state index is 0.0652. The van der Waals surface area contributed by atoms with Crippen LogP contribution in [0.2, 0.25) is 0 Å². The van der Waals surface area contributed by atoms with Crippen LogP contribution in [-0.2, 0) is 14.8 Å². The highest BCUT2D eigenvalue weighted by Crippen LogP contribution is 2.39. The molecule has 1 aromatic rings. The van der Waals surface area contributed by atoms with Crippen LogP contribution in [0.3, 0.4) is 0 Å². The quantitative estimate of drug-likeness (QED) is 0.865. The Hall–Kier alpha value is -1.98. The normalized spacial score (nSPS) is 23.0. The monoisotopic (exact) mass is 337 g/mol. The summed E-state index contributed by atoms with van der Waals surface area (Å²) in [5.41, 5.74) is -0.725. The Morgan fingerprint density at radius 3 is 2.70 bits per heavy atom. The number of sulfonamides is 1. The van der Waals surface area contributed by atoms with Gasteiger partial charge in [-0.2, -0.15) is 5.26 Å². The van der Waals surface area contributed by atoms with Gasteiger partial charge in [0.05, 0.1) is 16.0 Å². The number of rotatable bonds is 3. The highest BCUT2D eigenvalue weighted by molar-refractivity contribution is 7.89. The van der Waals surface area contributed by atoms with E-state index in [4.69, 9.17) is 5.26 Å². The van der Waals surface area contributed by atoms with Crippen LogP contribution in [0.4, 0.5) is 4.39 Å². The molecule has 1 spiro atoms. The maximum atomic E-state index is 13.7. The highest BCUT2D eigenvalue weighted by Gasteiger charge is 2.49. The van der Waals surface area contributed by atoms with Crippen molar-refractivity contribution in [2.75, 3.05) is 0 Å². The number of amides is 1. The van der Waals surface area contributed by atoms with Crippen LogP contribution in [0.15, 0.2) is 23.1 Å². The van der Waals surface area contributed by atoms with Crippen molar-refractivity contribution in [1.82, 2.24) is 10.0 Å². The number of nitrogens with one attached hydrogen (secondary N) is 2. The zero-order chi connectivity index (χ0) is 16.7. The number of benzene rings is 1. The van der Waals surface area contributed by atoms with E-state index >= 15 is 0 Å². The van der Waals surface area contributed by atoms with Gasteiger partial charge in [0, 0.05) is 12.5 Å². The third-order valence-electron chi connectivity index (χ3n) is 4.63. The van der Waals surface area contributed by atoms with Crippen LogP contribution in [0.1, 0.15) is 37.7 Å². The van der Waals surface area contributed by atoms with Crippen molar-refractivity contribution >= 4 is 15.9 Å². The molecule has 122 valence electrons. The molecule has 3 rings (SSSR count). The van der Waals surface area contributed by atoms with E-state index in [1.54, 1.807) is 6.07 Å². The average Bonchev–Trinajstić information content (AvgIpc) is 2.47. The fourth-order valence-corrected chi connectivity index (χ4v) is 4.55. The number of hydrogen-bond donors (Lipinski definition) is 2. The summed E-state index contributed by atoms with van der Waals surface area (Å²) in [7, 11) is -3.92. The van der Waals surface area contributed by atoms with Gasteiger partial charge in [-0.3, -0.25) is 4.79 Å². The number of hydrogen-bond acceptors (Lipinski definition) is 4. The van der Waals surface area contributed by atoms with Crippen LogP contribution >= 0.6 is 0 Å². The van der Waals surface area contributed by atoms with E-state index in [1.165, 1.54) is 6.07 Å². The number of nitriles is 1. The van der Waals surface area contributed by atoms with Crippen molar-refractivity contribution in [3.05, 3.63) is 29.6 Å². The summed E-state index contributed by atoms with van der Waals surface area (Å²) in [5.74, 6) is -0.935. The second-order valence-corrected chi connectivity index (χ2v) is 7.74. The van der Waals surface area contributed by atoms with E-state index in [9.17, 15) is 17.6 Å². The van der Waals surface area contributed by atoms with Crippen LogP contribution in [0, 0.1) is 17.1 Å². The van der Waals surface area contributed by atoms with E-state index in [0.29, 0.717) is 6.42 Å². The van der Waals surface area contributed by atoms with E-state index < -0.39 is 27.4 Å². The fourth-order valence-electron chi connectivity index (χ4n) is 3.19.